The number of halogens is 2. The molecule has 3 aromatic rings. The topological polar surface area (TPSA) is 52.3 Å². The fourth-order valence-corrected chi connectivity index (χ4v) is 3.36. The molecule has 1 atom stereocenters. The fraction of sp³-hybridized carbons (Fsp3) is 0.125. The van der Waals surface area contributed by atoms with E-state index in [0.717, 1.165) is 8.95 Å². The molecule has 22 heavy (non-hydrogen) atoms. The molecule has 2 aromatic carbocycles. The van der Waals surface area contributed by atoms with Gasteiger partial charge in [0.15, 0.2) is 6.10 Å². The van der Waals surface area contributed by atoms with E-state index in [0.29, 0.717) is 16.7 Å². The maximum Gasteiger partial charge on any atom is 0.347 e. The zero-order valence-corrected chi connectivity index (χ0v) is 14.7. The third-order valence-electron chi connectivity index (χ3n) is 3.07. The number of rotatable bonds is 3. The number of para-hydroxylation sites is 1. The maximum absolute atomic E-state index is 12.2. The first-order chi connectivity index (χ1) is 10.5. The predicted molar refractivity (Wildman–Crippen MR) is 91.2 cm³/mol. The second-order valence-electron chi connectivity index (χ2n) is 4.70. The molecule has 0 spiro atoms. The number of fused-ring (bicyclic) bond motifs is 1. The second kappa shape index (κ2) is 6.22. The summed E-state index contributed by atoms with van der Waals surface area (Å²) >= 11 is 6.76. The normalized spacial score (nSPS) is 12.3. The Morgan fingerprint density at radius 3 is 2.64 bits per heavy atom. The molecule has 0 fully saturated rings. The predicted octanol–water partition coefficient (Wildman–Crippen LogP) is 4.85. The molecule has 0 bridgehead atoms. The standard InChI is InChI=1S/C16H11Br2NO3/c1-9(21-11-5-3-2-4-6-11)15-19-14-12(16(20)22-15)7-10(17)8-13(14)18/h2-9H,1H3/t9-/m0/s1. The molecule has 0 radical (unpaired) electrons. The fourth-order valence-electron chi connectivity index (χ4n) is 2.05. The first-order valence-corrected chi connectivity index (χ1v) is 8.14. The van der Waals surface area contributed by atoms with Crippen LogP contribution in [0.25, 0.3) is 10.9 Å². The summed E-state index contributed by atoms with van der Waals surface area (Å²) in [6.45, 7) is 1.79. The van der Waals surface area contributed by atoms with Crippen LogP contribution < -0.4 is 10.4 Å². The summed E-state index contributed by atoms with van der Waals surface area (Å²) in [6.07, 6.45) is -0.477. The van der Waals surface area contributed by atoms with Gasteiger partial charge < -0.3 is 9.15 Å². The summed E-state index contributed by atoms with van der Waals surface area (Å²) in [4.78, 5) is 16.6. The first kappa shape index (κ1) is 15.2. The van der Waals surface area contributed by atoms with Crippen LogP contribution in [0.3, 0.4) is 0 Å². The van der Waals surface area contributed by atoms with E-state index >= 15 is 0 Å². The number of nitrogens with zero attached hydrogens (tertiary/aromatic N) is 1. The van der Waals surface area contributed by atoms with Crippen molar-refractivity contribution in [2.75, 3.05) is 0 Å². The number of aromatic nitrogens is 1. The van der Waals surface area contributed by atoms with Crippen LogP contribution in [0.5, 0.6) is 5.75 Å². The van der Waals surface area contributed by atoms with Crippen molar-refractivity contribution >= 4 is 42.8 Å². The Labute approximate surface area is 143 Å². The Balaban J connectivity index is 2.03. The van der Waals surface area contributed by atoms with Crippen LogP contribution in [0, 0.1) is 0 Å². The number of ether oxygens (including phenoxy) is 1. The highest BCUT2D eigenvalue weighted by atomic mass is 79.9. The van der Waals surface area contributed by atoms with Crippen molar-refractivity contribution < 1.29 is 9.15 Å². The summed E-state index contributed by atoms with van der Waals surface area (Å²) in [6, 6.07) is 12.8. The maximum atomic E-state index is 12.2. The highest BCUT2D eigenvalue weighted by molar-refractivity contribution is 9.11. The van der Waals surface area contributed by atoms with E-state index in [9.17, 15) is 4.79 Å². The third kappa shape index (κ3) is 3.08. The van der Waals surface area contributed by atoms with Crippen LogP contribution in [0.4, 0.5) is 0 Å². The smallest absolute Gasteiger partial charge is 0.347 e. The molecular weight excluding hydrogens is 414 g/mol. The molecule has 3 rings (SSSR count). The van der Waals surface area contributed by atoms with E-state index in [1.165, 1.54) is 0 Å². The Bertz CT molecular complexity index is 878. The van der Waals surface area contributed by atoms with E-state index in [1.807, 2.05) is 36.4 Å². The molecule has 1 heterocycles. The van der Waals surface area contributed by atoms with E-state index in [-0.39, 0.29) is 5.89 Å². The van der Waals surface area contributed by atoms with Gasteiger partial charge in [0.05, 0.1) is 10.9 Å². The Hall–Kier alpha value is -1.66. The highest BCUT2D eigenvalue weighted by Crippen LogP contribution is 2.27. The third-order valence-corrected chi connectivity index (χ3v) is 4.13. The van der Waals surface area contributed by atoms with Crippen molar-refractivity contribution in [2.24, 2.45) is 0 Å². The Morgan fingerprint density at radius 1 is 1.18 bits per heavy atom. The van der Waals surface area contributed by atoms with Gasteiger partial charge >= 0.3 is 5.63 Å². The van der Waals surface area contributed by atoms with Gasteiger partial charge in [0.25, 0.3) is 0 Å². The average molecular weight is 425 g/mol. The van der Waals surface area contributed by atoms with E-state index in [1.54, 1.807) is 13.0 Å². The second-order valence-corrected chi connectivity index (χ2v) is 6.47. The minimum atomic E-state index is -0.477. The first-order valence-electron chi connectivity index (χ1n) is 6.56. The summed E-state index contributed by atoms with van der Waals surface area (Å²) in [5.74, 6) is 0.929. The Kier molecular flexibility index (Phi) is 4.31. The van der Waals surface area contributed by atoms with Crippen molar-refractivity contribution in [1.82, 2.24) is 4.98 Å². The number of benzene rings is 2. The molecule has 0 aliphatic heterocycles. The minimum absolute atomic E-state index is 0.240. The van der Waals surface area contributed by atoms with Gasteiger partial charge in [0.2, 0.25) is 5.89 Å². The zero-order valence-electron chi connectivity index (χ0n) is 11.5. The molecule has 1 aromatic heterocycles. The molecule has 0 amide bonds. The quantitative estimate of drug-likeness (QED) is 0.602. The molecular formula is C16H11Br2NO3. The summed E-state index contributed by atoms with van der Waals surface area (Å²) in [7, 11) is 0. The highest BCUT2D eigenvalue weighted by Gasteiger charge is 2.16. The molecule has 0 saturated heterocycles. The van der Waals surface area contributed by atoms with Crippen LogP contribution in [-0.2, 0) is 0 Å². The van der Waals surface area contributed by atoms with E-state index < -0.39 is 11.7 Å². The molecule has 0 saturated carbocycles. The van der Waals surface area contributed by atoms with Gasteiger partial charge in [-0.1, -0.05) is 34.1 Å². The van der Waals surface area contributed by atoms with Crippen molar-refractivity contribution in [3.8, 4) is 5.75 Å². The lowest BCUT2D eigenvalue weighted by atomic mass is 10.2. The van der Waals surface area contributed by atoms with Crippen LogP contribution in [0.1, 0.15) is 18.9 Å². The molecule has 112 valence electrons. The molecule has 0 aliphatic rings. The van der Waals surface area contributed by atoms with Gasteiger partial charge in [0, 0.05) is 8.95 Å². The van der Waals surface area contributed by atoms with Gasteiger partial charge in [0.1, 0.15) is 5.75 Å². The largest absolute Gasteiger partial charge is 0.481 e. The van der Waals surface area contributed by atoms with Crippen molar-refractivity contribution in [3.63, 3.8) is 0 Å². The van der Waals surface area contributed by atoms with Crippen molar-refractivity contribution in [2.45, 2.75) is 13.0 Å². The lowest BCUT2D eigenvalue weighted by Gasteiger charge is -2.13. The SMILES string of the molecule is C[C@H](Oc1ccccc1)c1nc2c(Br)cc(Br)cc2c(=O)o1. The lowest BCUT2D eigenvalue weighted by molar-refractivity contribution is 0.182. The monoisotopic (exact) mass is 423 g/mol. The molecule has 0 unspecified atom stereocenters. The molecule has 0 aliphatic carbocycles. The summed E-state index contributed by atoms with van der Waals surface area (Å²) in [5.41, 5.74) is 0.114. The molecule has 6 heteroatoms. The van der Waals surface area contributed by atoms with Crippen LogP contribution in [0.15, 0.2) is 60.6 Å². The van der Waals surface area contributed by atoms with Crippen LogP contribution in [-0.4, -0.2) is 4.98 Å². The zero-order chi connectivity index (χ0) is 15.7. The average Bonchev–Trinajstić information content (AvgIpc) is 2.49. The van der Waals surface area contributed by atoms with Crippen LogP contribution >= 0.6 is 31.9 Å². The van der Waals surface area contributed by atoms with Crippen molar-refractivity contribution in [1.29, 1.82) is 0 Å². The summed E-state index contributed by atoms with van der Waals surface area (Å²) < 4.78 is 12.5. The minimum Gasteiger partial charge on any atom is -0.481 e. The van der Waals surface area contributed by atoms with Crippen molar-refractivity contribution in [3.05, 3.63) is 67.7 Å². The van der Waals surface area contributed by atoms with E-state index in [4.69, 9.17) is 9.15 Å². The lowest BCUT2D eigenvalue weighted by Crippen LogP contribution is -2.11. The van der Waals surface area contributed by atoms with Gasteiger partial charge in [-0.2, -0.15) is 0 Å². The van der Waals surface area contributed by atoms with Gasteiger partial charge in [-0.3, -0.25) is 0 Å². The molecule has 4 nitrogen and oxygen atoms in total. The number of hydrogen-bond acceptors (Lipinski definition) is 4. The van der Waals surface area contributed by atoms with Gasteiger partial charge in [-0.25, -0.2) is 9.78 Å². The number of hydrogen-bond donors (Lipinski definition) is 0. The van der Waals surface area contributed by atoms with Gasteiger partial charge in [-0.15, -0.1) is 0 Å². The Morgan fingerprint density at radius 2 is 1.91 bits per heavy atom. The van der Waals surface area contributed by atoms with Gasteiger partial charge in [-0.05, 0) is 47.1 Å². The molecule has 0 N–H and O–H groups in total. The summed E-state index contributed by atoms with van der Waals surface area (Å²) in [5, 5.41) is 0.414. The van der Waals surface area contributed by atoms with E-state index in [2.05, 4.69) is 36.8 Å². The van der Waals surface area contributed by atoms with Crippen LogP contribution in [0.2, 0.25) is 0 Å².